The lowest BCUT2D eigenvalue weighted by Crippen LogP contribution is -2.10. The minimum atomic E-state index is 0.871. The van der Waals surface area contributed by atoms with Crippen LogP contribution in [0.15, 0.2) is 180 Å². The molecule has 230 valence electrons. The summed E-state index contributed by atoms with van der Waals surface area (Å²) in [4.78, 5) is 2.41. The van der Waals surface area contributed by atoms with Crippen molar-refractivity contribution in [3.8, 4) is 22.3 Å². The molecule has 0 amide bonds. The highest BCUT2D eigenvalue weighted by molar-refractivity contribution is 7.26. The first-order valence-corrected chi connectivity index (χ1v) is 17.4. The van der Waals surface area contributed by atoms with Crippen molar-refractivity contribution in [2.45, 2.75) is 0 Å². The van der Waals surface area contributed by atoms with Crippen molar-refractivity contribution in [1.82, 2.24) is 0 Å². The van der Waals surface area contributed by atoms with Crippen LogP contribution < -0.4 is 4.90 Å². The number of thiophene rings is 1. The summed E-state index contributed by atoms with van der Waals surface area (Å²) in [6.45, 7) is 0. The van der Waals surface area contributed by atoms with Crippen LogP contribution in [-0.4, -0.2) is 0 Å². The number of benzene rings is 8. The highest BCUT2D eigenvalue weighted by Gasteiger charge is 2.24. The van der Waals surface area contributed by atoms with Gasteiger partial charge in [0.1, 0.15) is 5.58 Å². The molecule has 0 saturated heterocycles. The molecule has 2 aromatic heterocycles. The predicted octanol–water partition coefficient (Wildman–Crippen LogP) is 13.9. The Morgan fingerprint density at radius 2 is 1.04 bits per heavy atom. The third-order valence-electron chi connectivity index (χ3n) is 9.62. The van der Waals surface area contributed by atoms with Gasteiger partial charge in [0.15, 0.2) is 5.58 Å². The predicted molar refractivity (Wildman–Crippen MR) is 210 cm³/mol. The van der Waals surface area contributed by atoms with Gasteiger partial charge in [0.25, 0.3) is 0 Å². The fraction of sp³-hybridized carbons (Fsp3) is 0. The molecule has 0 N–H and O–H groups in total. The van der Waals surface area contributed by atoms with Crippen LogP contribution in [0.4, 0.5) is 17.1 Å². The van der Waals surface area contributed by atoms with Gasteiger partial charge in [-0.2, -0.15) is 0 Å². The third kappa shape index (κ3) is 4.62. The van der Waals surface area contributed by atoms with Crippen molar-refractivity contribution in [1.29, 1.82) is 0 Å². The maximum absolute atomic E-state index is 6.93. The molecule has 0 spiro atoms. The summed E-state index contributed by atoms with van der Waals surface area (Å²) in [7, 11) is 0. The van der Waals surface area contributed by atoms with E-state index in [9.17, 15) is 0 Å². The second-order valence-electron chi connectivity index (χ2n) is 12.5. The first-order chi connectivity index (χ1) is 24.3. The van der Waals surface area contributed by atoms with E-state index in [1.807, 2.05) is 11.3 Å². The summed E-state index contributed by atoms with van der Waals surface area (Å²) in [5.74, 6) is 0. The summed E-state index contributed by atoms with van der Waals surface area (Å²) < 4.78 is 9.46. The van der Waals surface area contributed by atoms with E-state index in [1.54, 1.807) is 0 Å². The highest BCUT2D eigenvalue weighted by atomic mass is 32.1. The average molecular weight is 644 g/mol. The van der Waals surface area contributed by atoms with Gasteiger partial charge in [0.05, 0.1) is 16.1 Å². The van der Waals surface area contributed by atoms with Crippen LogP contribution in [0, 0.1) is 0 Å². The van der Waals surface area contributed by atoms with Gasteiger partial charge in [-0.3, -0.25) is 0 Å². The molecular formula is C46H29NOS. The Morgan fingerprint density at radius 1 is 0.408 bits per heavy atom. The number of furan rings is 1. The van der Waals surface area contributed by atoms with Gasteiger partial charge in [-0.15, -0.1) is 11.3 Å². The van der Waals surface area contributed by atoms with E-state index in [-0.39, 0.29) is 0 Å². The van der Waals surface area contributed by atoms with Gasteiger partial charge in [0.2, 0.25) is 0 Å². The van der Waals surface area contributed by atoms with Crippen LogP contribution in [0.1, 0.15) is 0 Å². The summed E-state index contributed by atoms with van der Waals surface area (Å²) in [6.07, 6.45) is 0. The molecule has 0 unspecified atom stereocenters. The molecule has 8 aromatic carbocycles. The minimum Gasteiger partial charge on any atom is -0.454 e. The largest absolute Gasteiger partial charge is 0.454 e. The quantitative estimate of drug-likeness (QED) is 0.186. The number of anilines is 3. The number of rotatable bonds is 5. The molecule has 0 bridgehead atoms. The SMILES string of the molecule is c1ccc(-c2ccc(N(c3cc(-c4ccccc4)cc4c3oc3cc5ccccc5cc34)c3cccc4c3sc3ccccc34)cc2)cc1. The minimum absolute atomic E-state index is 0.871. The van der Waals surface area contributed by atoms with E-state index < -0.39 is 0 Å². The molecule has 49 heavy (non-hydrogen) atoms. The lowest BCUT2D eigenvalue weighted by Gasteiger charge is -2.27. The Labute approximate surface area is 287 Å². The first-order valence-electron chi connectivity index (χ1n) is 16.6. The molecule has 0 aliphatic heterocycles. The third-order valence-corrected chi connectivity index (χ3v) is 10.8. The highest BCUT2D eigenvalue weighted by Crippen LogP contribution is 2.49. The zero-order chi connectivity index (χ0) is 32.3. The molecule has 0 aliphatic carbocycles. The first kappa shape index (κ1) is 27.9. The molecule has 3 heteroatoms. The molecular weight excluding hydrogens is 615 g/mol. The summed E-state index contributed by atoms with van der Waals surface area (Å²) >= 11 is 1.85. The van der Waals surface area contributed by atoms with E-state index in [0.717, 1.165) is 44.6 Å². The normalized spacial score (nSPS) is 11.7. The van der Waals surface area contributed by atoms with E-state index in [0.29, 0.717) is 0 Å². The topological polar surface area (TPSA) is 16.4 Å². The van der Waals surface area contributed by atoms with Crippen LogP contribution >= 0.6 is 11.3 Å². The van der Waals surface area contributed by atoms with Crippen molar-refractivity contribution in [3.63, 3.8) is 0 Å². The second kappa shape index (κ2) is 11.2. The molecule has 0 radical (unpaired) electrons. The van der Waals surface area contributed by atoms with Crippen LogP contribution in [0.2, 0.25) is 0 Å². The zero-order valence-corrected chi connectivity index (χ0v) is 27.3. The van der Waals surface area contributed by atoms with Crippen molar-refractivity contribution < 1.29 is 4.42 Å². The Hall–Kier alpha value is -6.16. The number of hydrogen-bond donors (Lipinski definition) is 0. The smallest absolute Gasteiger partial charge is 0.159 e. The lowest BCUT2D eigenvalue weighted by molar-refractivity contribution is 0.669. The van der Waals surface area contributed by atoms with Crippen molar-refractivity contribution >= 4 is 81.3 Å². The van der Waals surface area contributed by atoms with E-state index in [1.165, 1.54) is 47.6 Å². The lowest BCUT2D eigenvalue weighted by atomic mass is 9.99. The fourth-order valence-electron chi connectivity index (χ4n) is 7.26. The molecule has 2 nitrogen and oxygen atoms in total. The van der Waals surface area contributed by atoms with Crippen LogP contribution in [0.5, 0.6) is 0 Å². The molecule has 10 aromatic rings. The van der Waals surface area contributed by atoms with Crippen molar-refractivity contribution in [2.24, 2.45) is 0 Å². The molecule has 0 saturated carbocycles. The summed E-state index contributed by atoms with van der Waals surface area (Å²) in [5, 5.41) is 7.13. The Bertz CT molecular complexity index is 2810. The van der Waals surface area contributed by atoms with Crippen LogP contribution in [0.25, 0.3) is 75.1 Å². The zero-order valence-electron chi connectivity index (χ0n) is 26.5. The number of nitrogens with zero attached hydrogens (tertiary/aromatic N) is 1. The van der Waals surface area contributed by atoms with Crippen molar-refractivity contribution in [2.75, 3.05) is 4.90 Å². The molecule has 0 fully saturated rings. The maximum atomic E-state index is 6.93. The van der Waals surface area contributed by atoms with Crippen molar-refractivity contribution in [3.05, 3.63) is 176 Å². The number of fused-ring (bicyclic) bond motifs is 7. The number of hydrogen-bond acceptors (Lipinski definition) is 3. The Balaban J connectivity index is 1.30. The summed E-state index contributed by atoms with van der Waals surface area (Å²) in [6, 6.07) is 63.2. The average Bonchev–Trinajstić information content (AvgIpc) is 3.73. The molecule has 2 heterocycles. The Kier molecular flexibility index (Phi) is 6.39. The fourth-order valence-corrected chi connectivity index (χ4v) is 8.46. The van der Waals surface area contributed by atoms with Gasteiger partial charge in [0, 0.05) is 31.9 Å². The van der Waals surface area contributed by atoms with Gasteiger partial charge >= 0.3 is 0 Å². The summed E-state index contributed by atoms with van der Waals surface area (Å²) in [5.41, 5.74) is 9.66. The van der Waals surface area contributed by atoms with Gasteiger partial charge < -0.3 is 9.32 Å². The van der Waals surface area contributed by atoms with Gasteiger partial charge in [-0.25, -0.2) is 0 Å². The monoisotopic (exact) mass is 643 g/mol. The molecule has 10 rings (SSSR count). The second-order valence-corrected chi connectivity index (χ2v) is 13.6. The Morgan fingerprint density at radius 3 is 1.82 bits per heavy atom. The van der Waals surface area contributed by atoms with Crippen LogP contribution in [0.3, 0.4) is 0 Å². The van der Waals surface area contributed by atoms with Gasteiger partial charge in [-0.05, 0) is 81.6 Å². The van der Waals surface area contributed by atoms with Gasteiger partial charge in [-0.1, -0.05) is 127 Å². The van der Waals surface area contributed by atoms with E-state index in [2.05, 4.69) is 181 Å². The molecule has 0 atom stereocenters. The van der Waals surface area contributed by atoms with Crippen LogP contribution in [-0.2, 0) is 0 Å². The molecule has 0 aliphatic rings. The van der Waals surface area contributed by atoms with E-state index >= 15 is 0 Å². The maximum Gasteiger partial charge on any atom is 0.159 e. The standard InChI is InChI=1S/C46H29NOS/c1-3-12-30(13-4-1)32-22-24-36(25-23-32)47(41-20-11-19-38-37-18-9-10-21-44(37)49-46(38)41)42-28-35(31-14-5-2-6-15-31)27-40-39-26-33-16-7-8-17-34(33)29-43(39)48-45(40)42/h1-29H. The van der Waals surface area contributed by atoms with E-state index in [4.69, 9.17) is 4.42 Å².